The first-order valence-electron chi connectivity index (χ1n) is 9.28. The molecule has 10 heteroatoms. The number of nitrogens with one attached hydrogen (secondary N) is 2. The highest BCUT2D eigenvalue weighted by Crippen LogP contribution is 2.38. The molecule has 4 N–H and O–H groups in total. The van der Waals surface area contributed by atoms with Crippen molar-refractivity contribution < 1.29 is 14.2 Å². The zero-order valence-corrected chi connectivity index (χ0v) is 17.9. The van der Waals surface area contributed by atoms with E-state index in [0.717, 1.165) is 16.9 Å². The van der Waals surface area contributed by atoms with Gasteiger partial charge in [0.25, 0.3) is 0 Å². The van der Waals surface area contributed by atoms with Crippen LogP contribution in [0.25, 0.3) is 11.1 Å². The SMILES string of the molecule is CC1(C)OCC(COc2ccc(-c3c(Cl)cc(Nc4n[nH]c(N)n4)cc3Cl)cc2)O1. The van der Waals surface area contributed by atoms with Gasteiger partial charge >= 0.3 is 0 Å². The third kappa shape index (κ3) is 4.79. The average Bonchev–Trinajstić information content (AvgIpc) is 3.25. The van der Waals surface area contributed by atoms with Crippen LogP contribution >= 0.6 is 23.2 Å². The van der Waals surface area contributed by atoms with Crippen molar-refractivity contribution in [3.8, 4) is 16.9 Å². The van der Waals surface area contributed by atoms with Crippen LogP contribution in [0.3, 0.4) is 0 Å². The zero-order chi connectivity index (χ0) is 21.3. The Morgan fingerprint density at radius 2 is 1.93 bits per heavy atom. The molecule has 2 heterocycles. The molecule has 0 aliphatic carbocycles. The number of nitrogen functional groups attached to an aromatic ring is 1. The standard InChI is InChI=1S/C20H21Cl2N5O3/c1-20(2)29-10-14(30-20)9-28-13-5-3-11(4-6-13)17-15(21)7-12(8-16(17)22)24-19-25-18(23)26-27-19/h3-8,14H,9-10H2,1-2H3,(H4,23,24,25,26,27). The van der Waals surface area contributed by atoms with Crippen molar-refractivity contribution in [3.63, 3.8) is 0 Å². The highest BCUT2D eigenvalue weighted by atomic mass is 35.5. The van der Waals surface area contributed by atoms with Gasteiger partial charge in [0.2, 0.25) is 11.9 Å². The van der Waals surface area contributed by atoms with Crippen LogP contribution in [0.4, 0.5) is 17.6 Å². The number of H-pyrrole nitrogens is 1. The fourth-order valence-electron chi connectivity index (χ4n) is 3.13. The molecule has 158 valence electrons. The Labute approximate surface area is 183 Å². The number of hydrogen-bond acceptors (Lipinski definition) is 7. The normalized spacial score (nSPS) is 17.8. The minimum atomic E-state index is -0.563. The lowest BCUT2D eigenvalue weighted by atomic mass is 10.0. The van der Waals surface area contributed by atoms with E-state index >= 15 is 0 Å². The number of benzene rings is 2. The van der Waals surface area contributed by atoms with Crippen molar-refractivity contribution in [2.24, 2.45) is 0 Å². The topological polar surface area (TPSA) is 107 Å². The molecule has 30 heavy (non-hydrogen) atoms. The molecule has 1 atom stereocenters. The van der Waals surface area contributed by atoms with Gasteiger partial charge < -0.3 is 25.3 Å². The average molecular weight is 450 g/mol. The summed E-state index contributed by atoms with van der Waals surface area (Å²) >= 11 is 13.0. The van der Waals surface area contributed by atoms with E-state index in [1.807, 2.05) is 38.1 Å². The first-order valence-corrected chi connectivity index (χ1v) is 10.0. The maximum Gasteiger partial charge on any atom is 0.248 e. The van der Waals surface area contributed by atoms with Crippen molar-refractivity contribution in [2.45, 2.75) is 25.7 Å². The van der Waals surface area contributed by atoms with Crippen molar-refractivity contribution in [1.29, 1.82) is 0 Å². The second-order valence-corrected chi connectivity index (χ2v) is 8.08. The Morgan fingerprint density at radius 3 is 2.50 bits per heavy atom. The number of nitrogens with zero attached hydrogens (tertiary/aromatic N) is 2. The second-order valence-electron chi connectivity index (χ2n) is 7.27. The fourth-order valence-corrected chi connectivity index (χ4v) is 3.84. The summed E-state index contributed by atoms with van der Waals surface area (Å²) in [6, 6.07) is 11.0. The largest absolute Gasteiger partial charge is 0.491 e. The van der Waals surface area contributed by atoms with Gasteiger partial charge in [-0.1, -0.05) is 35.3 Å². The number of aromatic amines is 1. The Balaban J connectivity index is 1.44. The van der Waals surface area contributed by atoms with Gasteiger partial charge in [0, 0.05) is 11.3 Å². The Morgan fingerprint density at radius 1 is 1.23 bits per heavy atom. The third-order valence-electron chi connectivity index (χ3n) is 4.45. The van der Waals surface area contributed by atoms with E-state index in [4.69, 9.17) is 43.1 Å². The quantitative estimate of drug-likeness (QED) is 0.503. The first-order chi connectivity index (χ1) is 14.3. The Kier molecular flexibility index (Phi) is 5.75. The maximum atomic E-state index is 6.49. The van der Waals surface area contributed by atoms with Crippen molar-refractivity contribution in [3.05, 3.63) is 46.4 Å². The summed E-state index contributed by atoms with van der Waals surface area (Å²) in [7, 11) is 0. The molecule has 1 unspecified atom stereocenters. The zero-order valence-electron chi connectivity index (χ0n) is 16.4. The van der Waals surface area contributed by atoms with Crippen LogP contribution in [0.5, 0.6) is 5.75 Å². The summed E-state index contributed by atoms with van der Waals surface area (Å²) in [6.45, 7) is 4.70. The summed E-state index contributed by atoms with van der Waals surface area (Å²) in [6.07, 6.45) is -0.0945. The van der Waals surface area contributed by atoms with Crippen LogP contribution in [0.1, 0.15) is 13.8 Å². The van der Waals surface area contributed by atoms with Crippen LogP contribution in [0, 0.1) is 0 Å². The Hall–Kier alpha value is -2.52. The highest BCUT2D eigenvalue weighted by Gasteiger charge is 2.32. The predicted molar refractivity (Wildman–Crippen MR) is 116 cm³/mol. The van der Waals surface area contributed by atoms with E-state index in [2.05, 4.69) is 20.5 Å². The van der Waals surface area contributed by atoms with Crippen LogP contribution in [-0.2, 0) is 9.47 Å². The highest BCUT2D eigenvalue weighted by molar-refractivity contribution is 6.39. The van der Waals surface area contributed by atoms with E-state index in [-0.39, 0.29) is 12.1 Å². The smallest absolute Gasteiger partial charge is 0.248 e. The minimum absolute atomic E-state index is 0.0945. The molecule has 4 rings (SSSR count). The van der Waals surface area contributed by atoms with Gasteiger partial charge in [0.1, 0.15) is 18.5 Å². The van der Waals surface area contributed by atoms with Crippen LogP contribution in [-0.4, -0.2) is 40.3 Å². The molecule has 0 saturated carbocycles. The first kappa shape index (κ1) is 20.7. The minimum Gasteiger partial charge on any atom is -0.491 e. The van der Waals surface area contributed by atoms with Gasteiger partial charge in [-0.05, 0) is 43.7 Å². The lowest BCUT2D eigenvalue weighted by molar-refractivity contribution is -0.141. The van der Waals surface area contributed by atoms with Crippen molar-refractivity contribution >= 4 is 40.8 Å². The molecule has 1 fully saturated rings. The molecule has 1 aromatic heterocycles. The van der Waals surface area contributed by atoms with Crippen molar-refractivity contribution in [1.82, 2.24) is 15.2 Å². The third-order valence-corrected chi connectivity index (χ3v) is 5.04. The maximum absolute atomic E-state index is 6.49. The lowest BCUT2D eigenvalue weighted by Crippen LogP contribution is -2.25. The number of halogens is 2. The molecule has 0 bridgehead atoms. The monoisotopic (exact) mass is 449 g/mol. The van der Waals surface area contributed by atoms with Gasteiger partial charge in [0.15, 0.2) is 5.79 Å². The molecule has 3 aromatic rings. The molecule has 0 radical (unpaired) electrons. The molecule has 1 saturated heterocycles. The molecule has 8 nitrogen and oxygen atoms in total. The van der Waals surface area contributed by atoms with Crippen LogP contribution in [0.2, 0.25) is 10.0 Å². The summed E-state index contributed by atoms with van der Waals surface area (Å²) in [5.74, 6) is 0.699. The van der Waals surface area contributed by atoms with E-state index in [9.17, 15) is 0 Å². The van der Waals surface area contributed by atoms with E-state index < -0.39 is 5.79 Å². The second kappa shape index (κ2) is 8.31. The number of hydrogen-bond donors (Lipinski definition) is 3. The van der Waals surface area contributed by atoms with Crippen molar-refractivity contribution in [2.75, 3.05) is 24.3 Å². The number of aromatic nitrogens is 3. The van der Waals surface area contributed by atoms with Crippen LogP contribution in [0.15, 0.2) is 36.4 Å². The van der Waals surface area contributed by atoms with E-state index in [1.54, 1.807) is 12.1 Å². The molecule has 1 aliphatic heterocycles. The van der Waals surface area contributed by atoms with Gasteiger partial charge in [-0.3, -0.25) is 0 Å². The summed E-state index contributed by atoms with van der Waals surface area (Å²) in [5, 5.41) is 10.5. The Bertz CT molecular complexity index is 1020. The van der Waals surface area contributed by atoms with Gasteiger partial charge in [-0.25, -0.2) is 5.10 Å². The molecular weight excluding hydrogens is 429 g/mol. The summed E-state index contributed by atoms with van der Waals surface area (Å²) in [4.78, 5) is 3.99. The summed E-state index contributed by atoms with van der Waals surface area (Å²) < 4.78 is 17.1. The van der Waals surface area contributed by atoms with E-state index in [0.29, 0.717) is 34.9 Å². The predicted octanol–water partition coefficient (Wildman–Crippen LogP) is 4.63. The van der Waals surface area contributed by atoms with Gasteiger partial charge in [-0.2, -0.15) is 4.98 Å². The molecule has 1 aliphatic rings. The fraction of sp³-hybridized carbons (Fsp3) is 0.300. The number of anilines is 3. The molecule has 0 amide bonds. The number of ether oxygens (including phenoxy) is 3. The lowest BCUT2D eigenvalue weighted by Gasteiger charge is -2.17. The molecular formula is C20H21Cl2N5O3. The molecule has 0 spiro atoms. The number of nitrogens with two attached hydrogens (primary N) is 1. The number of rotatable bonds is 6. The van der Waals surface area contributed by atoms with Gasteiger partial charge in [0.05, 0.1) is 16.7 Å². The van der Waals surface area contributed by atoms with E-state index in [1.165, 1.54) is 0 Å². The van der Waals surface area contributed by atoms with Gasteiger partial charge in [-0.15, -0.1) is 5.10 Å². The van der Waals surface area contributed by atoms with Crippen LogP contribution < -0.4 is 15.8 Å². The molecule has 2 aromatic carbocycles. The summed E-state index contributed by atoms with van der Waals surface area (Å²) in [5.41, 5.74) is 7.77.